The van der Waals surface area contributed by atoms with Crippen LogP contribution in [0.4, 0.5) is 0 Å². The van der Waals surface area contributed by atoms with Gasteiger partial charge in [-0.1, -0.05) is 43.6 Å². The average molecular weight is 250 g/mol. The lowest BCUT2D eigenvalue weighted by molar-refractivity contribution is 0.154. The van der Waals surface area contributed by atoms with E-state index in [0.717, 1.165) is 17.8 Å². The smallest absolute Gasteiger partial charge is 0.00949 e. The van der Waals surface area contributed by atoms with E-state index in [2.05, 4.69) is 62.5 Å². The molecule has 0 aliphatic heterocycles. The molecule has 0 aliphatic carbocycles. The van der Waals surface area contributed by atoms with Gasteiger partial charge in [-0.25, -0.2) is 0 Å². The Morgan fingerprint density at radius 3 is 2.00 bits per heavy atom. The monoisotopic (exact) mass is 249 g/mol. The van der Waals surface area contributed by atoms with E-state index in [4.69, 9.17) is 0 Å². The molecule has 80 valence electrons. The van der Waals surface area contributed by atoms with Gasteiger partial charge in [-0.05, 0) is 25.3 Å². The molecule has 0 aromatic heterocycles. The maximum atomic E-state index is 3.56. The molecular weight excluding hydrogens is 226 g/mol. The highest BCUT2D eigenvalue weighted by atomic mass is 79.9. The molecule has 1 nitrogen and oxygen atoms in total. The Balaban J connectivity index is 4.06. The molecule has 1 atom stereocenters. The van der Waals surface area contributed by atoms with Gasteiger partial charge in [-0.3, -0.25) is 0 Å². The first-order valence-corrected chi connectivity index (χ1v) is 6.18. The Kier molecular flexibility index (Phi) is 5.53. The summed E-state index contributed by atoms with van der Waals surface area (Å²) >= 11 is 3.56. The van der Waals surface area contributed by atoms with E-state index in [1.807, 2.05) is 0 Å². The Labute approximate surface area is 92.0 Å². The fourth-order valence-corrected chi connectivity index (χ4v) is 1.55. The summed E-state index contributed by atoms with van der Waals surface area (Å²) in [5.41, 5.74) is 0.373. The van der Waals surface area contributed by atoms with Gasteiger partial charge in [0.15, 0.2) is 0 Å². The summed E-state index contributed by atoms with van der Waals surface area (Å²) in [5, 5.41) is 1.06. The fourth-order valence-electron chi connectivity index (χ4n) is 1.37. The molecule has 1 unspecified atom stereocenters. The zero-order chi connectivity index (χ0) is 10.6. The van der Waals surface area contributed by atoms with E-state index in [-0.39, 0.29) is 0 Å². The molecule has 2 heteroatoms. The van der Waals surface area contributed by atoms with Gasteiger partial charge in [-0.15, -0.1) is 0 Å². The van der Waals surface area contributed by atoms with Gasteiger partial charge in [0.25, 0.3) is 0 Å². The zero-order valence-corrected chi connectivity index (χ0v) is 11.5. The van der Waals surface area contributed by atoms with Gasteiger partial charge in [0.05, 0.1) is 0 Å². The largest absolute Gasteiger partial charge is 0.303 e. The van der Waals surface area contributed by atoms with Crippen molar-refractivity contribution in [3.05, 3.63) is 0 Å². The van der Waals surface area contributed by atoms with Crippen LogP contribution >= 0.6 is 15.9 Å². The Bertz CT molecular complexity index is 143. The van der Waals surface area contributed by atoms with Crippen LogP contribution in [0.15, 0.2) is 0 Å². The second kappa shape index (κ2) is 5.35. The molecular formula is C11H24BrN. The minimum atomic E-state index is 0.373. The molecule has 0 bridgehead atoms. The van der Waals surface area contributed by atoms with Crippen LogP contribution in [0.25, 0.3) is 0 Å². The number of nitrogens with zero attached hydrogens (tertiary/aromatic N) is 1. The lowest BCUT2D eigenvalue weighted by Gasteiger charge is -2.34. The maximum Gasteiger partial charge on any atom is 0.00949 e. The van der Waals surface area contributed by atoms with Gasteiger partial charge < -0.3 is 4.90 Å². The van der Waals surface area contributed by atoms with E-state index < -0.39 is 0 Å². The maximum absolute atomic E-state index is 3.56. The van der Waals surface area contributed by atoms with E-state index in [9.17, 15) is 0 Å². The summed E-state index contributed by atoms with van der Waals surface area (Å²) in [4.78, 5) is 2.45. The van der Waals surface area contributed by atoms with Crippen LogP contribution in [0, 0.1) is 11.3 Å². The van der Waals surface area contributed by atoms with Crippen LogP contribution in [0.1, 0.15) is 34.6 Å². The summed E-state index contributed by atoms with van der Waals surface area (Å²) in [6.07, 6.45) is 0. The molecule has 0 radical (unpaired) electrons. The van der Waals surface area contributed by atoms with E-state index in [0.29, 0.717) is 11.5 Å². The van der Waals surface area contributed by atoms with E-state index in [1.54, 1.807) is 0 Å². The third-order valence-electron chi connectivity index (χ3n) is 2.70. The summed E-state index contributed by atoms with van der Waals surface area (Å²) in [6.45, 7) is 12.6. The molecule has 0 saturated heterocycles. The second-order valence-corrected chi connectivity index (χ2v) is 5.76. The van der Waals surface area contributed by atoms with Gasteiger partial charge >= 0.3 is 0 Å². The number of halogens is 1. The summed E-state index contributed by atoms with van der Waals surface area (Å²) < 4.78 is 0. The van der Waals surface area contributed by atoms with Crippen LogP contribution in [0.3, 0.4) is 0 Å². The van der Waals surface area contributed by atoms with Gasteiger partial charge in [0.2, 0.25) is 0 Å². The highest BCUT2D eigenvalue weighted by molar-refractivity contribution is 9.09. The average Bonchev–Trinajstić information content (AvgIpc) is 2.02. The molecule has 0 spiro atoms. The highest BCUT2D eigenvalue weighted by Gasteiger charge is 2.22. The van der Waals surface area contributed by atoms with Crippen LogP contribution in [-0.2, 0) is 0 Å². The summed E-state index contributed by atoms with van der Waals surface area (Å²) in [5.74, 6) is 0.733. The van der Waals surface area contributed by atoms with Crippen LogP contribution in [-0.4, -0.2) is 29.9 Å². The molecule has 0 aromatic carbocycles. The summed E-state index contributed by atoms with van der Waals surface area (Å²) in [7, 11) is 2.22. The number of alkyl halides is 1. The van der Waals surface area contributed by atoms with Crippen molar-refractivity contribution in [2.45, 2.75) is 40.7 Å². The topological polar surface area (TPSA) is 3.24 Å². The molecule has 0 rings (SSSR count). The van der Waals surface area contributed by atoms with Gasteiger partial charge in [0, 0.05) is 17.9 Å². The highest BCUT2D eigenvalue weighted by Crippen LogP contribution is 2.21. The Hall–Kier alpha value is 0.440. The van der Waals surface area contributed by atoms with Crippen LogP contribution < -0.4 is 0 Å². The third-order valence-corrected chi connectivity index (χ3v) is 4.22. The van der Waals surface area contributed by atoms with E-state index >= 15 is 0 Å². The van der Waals surface area contributed by atoms with Gasteiger partial charge in [-0.2, -0.15) is 0 Å². The van der Waals surface area contributed by atoms with Crippen molar-refractivity contribution >= 4 is 15.9 Å². The second-order valence-electron chi connectivity index (χ2n) is 5.20. The van der Waals surface area contributed by atoms with Crippen molar-refractivity contribution in [1.82, 2.24) is 4.90 Å². The normalized spacial score (nSPS) is 15.5. The first-order chi connectivity index (χ1) is 5.80. The van der Waals surface area contributed by atoms with Crippen molar-refractivity contribution in [3.8, 4) is 0 Å². The molecule has 0 amide bonds. The predicted molar refractivity (Wildman–Crippen MR) is 64.5 cm³/mol. The lowest BCUT2D eigenvalue weighted by Crippen LogP contribution is -2.40. The zero-order valence-electron chi connectivity index (χ0n) is 9.89. The molecule has 0 heterocycles. The minimum Gasteiger partial charge on any atom is -0.303 e. The minimum absolute atomic E-state index is 0.373. The van der Waals surface area contributed by atoms with Gasteiger partial charge in [0.1, 0.15) is 0 Å². The standard InChI is InChI=1S/C11H24BrN/c1-9(2)10(3)13(6)8-11(4,5)7-12/h9-10H,7-8H2,1-6H3. The van der Waals surface area contributed by atoms with Crippen molar-refractivity contribution in [3.63, 3.8) is 0 Å². The van der Waals surface area contributed by atoms with E-state index in [1.165, 1.54) is 0 Å². The fraction of sp³-hybridized carbons (Fsp3) is 1.00. The third kappa shape index (κ3) is 5.02. The lowest BCUT2D eigenvalue weighted by atomic mass is 9.94. The van der Waals surface area contributed by atoms with Crippen LogP contribution in [0.5, 0.6) is 0 Å². The molecule has 0 saturated carbocycles. The molecule has 0 aliphatic rings. The SMILES string of the molecule is CC(C)C(C)N(C)CC(C)(C)CBr. The quantitative estimate of drug-likeness (QED) is 0.676. The first-order valence-electron chi connectivity index (χ1n) is 5.06. The molecule has 13 heavy (non-hydrogen) atoms. The van der Waals surface area contributed by atoms with Crippen LogP contribution in [0.2, 0.25) is 0 Å². The number of rotatable bonds is 5. The molecule has 0 fully saturated rings. The van der Waals surface area contributed by atoms with Crippen molar-refractivity contribution in [2.24, 2.45) is 11.3 Å². The number of hydrogen-bond acceptors (Lipinski definition) is 1. The van der Waals surface area contributed by atoms with Crippen molar-refractivity contribution in [1.29, 1.82) is 0 Å². The van der Waals surface area contributed by atoms with Crippen molar-refractivity contribution in [2.75, 3.05) is 18.9 Å². The predicted octanol–water partition coefficient (Wildman–Crippen LogP) is 3.38. The first kappa shape index (κ1) is 13.4. The number of hydrogen-bond donors (Lipinski definition) is 0. The molecule has 0 aromatic rings. The summed E-state index contributed by atoms with van der Waals surface area (Å²) in [6, 6.07) is 0.665. The van der Waals surface area contributed by atoms with Crippen molar-refractivity contribution < 1.29 is 0 Å². The Morgan fingerprint density at radius 2 is 1.69 bits per heavy atom. The molecule has 0 N–H and O–H groups in total. The Morgan fingerprint density at radius 1 is 1.23 bits per heavy atom.